The first-order valence-electron chi connectivity index (χ1n) is 43.4. The molecule has 19 nitrogen and oxygen atoms in total. The lowest BCUT2D eigenvalue weighted by atomic mass is 9.96. The van der Waals surface area contributed by atoms with E-state index in [0.29, 0.717) is 6.42 Å². The van der Waals surface area contributed by atoms with Crippen LogP contribution in [0.5, 0.6) is 0 Å². The summed E-state index contributed by atoms with van der Waals surface area (Å²) >= 11 is 0. The van der Waals surface area contributed by atoms with Crippen molar-refractivity contribution in [2.45, 2.75) is 491 Å². The minimum atomic E-state index is -1.98. The Balaban J connectivity index is 1.30. The molecule has 12 N–H and O–H groups in total. The lowest BCUT2D eigenvalue weighted by Gasteiger charge is -2.48. The van der Waals surface area contributed by atoms with E-state index in [0.717, 1.165) is 44.9 Å². The van der Waals surface area contributed by atoms with E-state index in [4.69, 9.17) is 28.4 Å². The van der Waals surface area contributed by atoms with Crippen molar-refractivity contribution >= 4 is 5.91 Å². The fourth-order valence-corrected chi connectivity index (χ4v) is 15.1. The molecular weight excluding hydrogens is 1310 g/mol. The van der Waals surface area contributed by atoms with Crippen LogP contribution in [0.3, 0.4) is 0 Å². The average Bonchev–Trinajstić information content (AvgIpc) is 0.781. The third kappa shape index (κ3) is 44.8. The van der Waals surface area contributed by atoms with E-state index in [1.54, 1.807) is 6.08 Å². The number of unbranched alkanes of at least 4 members (excludes halogenated alkanes) is 55. The average molecular weight is 1470 g/mol. The molecule has 3 rings (SSSR count). The van der Waals surface area contributed by atoms with Gasteiger partial charge >= 0.3 is 0 Å². The zero-order valence-corrected chi connectivity index (χ0v) is 65.6. The molecule has 3 fully saturated rings. The molecule has 3 heterocycles. The van der Waals surface area contributed by atoms with E-state index in [-0.39, 0.29) is 18.9 Å². The van der Waals surface area contributed by atoms with E-state index in [2.05, 4.69) is 19.2 Å². The van der Waals surface area contributed by atoms with Gasteiger partial charge in [0, 0.05) is 6.42 Å². The maximum Gasteiger partial charge on any atom is 0.220 e. The van der Waals surface area contributed by atoms with Gasteiger partial charge in [-0.15, -0.1) is 0 Å². The van der Waals surface area contributed by atoms with Crippen molar-refractivity contribution < 1.29 is 89.4 Å². The molecule has 610 valence electrons. The van der Waals surface area contributed by atoms with Crippen LogP contribution >= 0.6 is 0 Å². The number of ether oxygens (including phenoxy) is 6. The summed E-state index contributed by atoms with van der Waals surface area (Å²) in [5.74, 6) is -0.266. The molecule has 17 unspecified atom stereocenters. The standard InChI is InChI=1S/C84H161NO18/c1-3-5-7-9-11-13-15-17-19-21-23-25-26-27-28-29-30-31-32-33-34-35-36-37-38-39-40-41-42-44-46-48-50-52-54-56-58-60-62-72(90)85-67(68(89)61-59-57-55-53-51-49-47-45-43-24-22-20-18-16-14-12-10-8-6-4-2)66-98-82-78(96)75(93)80(70(64-87)100-82)103-84-79(97)76(94)81(71(65-88)101-84)102-83-77(95)74(92)73(91)69(63-86)99-83/h59,61,67-71,73-84,86-89,91-97H,3-58,60,62-66H2,1-2H3,(H,85,90)/b61-59+. The van der Waals surface area contributed by atoms with Gasteiger partial charge in [-0.25, -0.2) is 0 Å². The molecule has 0 spiro atoms. The topological polar surface area (TPSA) is 307 Å². The minimum Gasteiger partial charge on any atom is -0.394 e. The lowest BCUT2D eigenvalue weighted by molar-refractivity contribution is -0.379. The van der Waals surface area contributed by atoms with Crippen LogP contribution in [0.4, 0.5) is 0 Å². The van der Waals surface area contributed by atoms with Crippen molar-refractivity contribution in [1.29, 1.82) is 0 Å². The summed E-state index contributed by atoms with van der Waals surface area (Å²) in [6, 6.07) is -0.970. The Morgan fingerprint density at radius 2 is 0.602 bits per heavy atom. The van der Waals surface area contributed by atoms with Gasteiger partial charge in [0.05, 0.1) is 38.6 Å². The highest BCUT2D eigenvalue weighted by Crippen LogP contribution is 2.34. The second kappa shape index (κ2) is 65.3. The number of nitrogens with one attached hydrogen (secondary N) is 1. The van der Waals surface area contributed by atoms with Crippen LogP contribution < -0.4 is 5.32 Å². The Morgan fingerprint density at radius 1 is 0.340 bits per heavy atom. The number of aliphatic hydroxyl groups excluding tert-OH is 11. The second-order valence-corrected chi connectivity index (χ2v) is 31.4. The number of allylic oxidation sites excluding steroid dienone is 1. The number of carbonyl (C=O) groups is 1. The third-order valence-electron chi connectivity index (χ3n) is 22.1. The van der Waals surface area contributed by atoms with Crippen molar-refractivity contribution in [3.63, 3.8) is 0 Å². The quantitative estimate of drug-likeness (QED) is 0.0199. The van der Waals surface area contributed by atoms with Crippen molar-refractivity contribution in [1.82, 2.24) is 5.32 Å². The monoisotopic (exact) mass is 1470 g/mol. The summed E-state index contributed by atoms with van der Waals surface area (Å²) in [7, 11) is 0. The number of aliphatic hydroxyl groups is 11. The fraction of sp³-hybridized carbons (Fsp3) is 0.964. The van der Waals surface area contributed by atoms with Crippen LogP contribution in [0.1, 0.15) is 386 Å². The number of amides is 1. The summed E-state index contributed by atoms with van der Waals surface area (Å²) in [4.78, 5) is 13.5. The Bertz CT molecular complexity index is 1910. The second-order valence-electron chi connectivity index (χ2n) is 31.4. The maximum atomic E-state index is 13.5. The molecular formula is C84H161NO18. The van der Waals surface area contributed by atoms with E-state index < -0.39 is 124 Å². The molecule has 0 aromatic carbocycles. The lowest BCUT2D eigenvalue weighted by Crippen LogP contribution is -2.66. The van der Waals surface area contributed by atoms with Crippen molar-refractivity contribution in [2.75, 3.05) is 26.4 Å². The molecule has 0 saturated carbocycles. The summed E-state index contributed by atoms with van der Waals surface area (Å²) < 4.78 is 34.5. The smallest absolute Gasteiger partial charge is 0.220 e. The molecule has 17 atom stereocenters. The molecule has 0 radical (unpaired) electrons. The van der Waals surface area contributed by atoms with E-state index in [9.17, 15) is 61.0 Å². The molecule has 0 bridgehead atoms. The minimum absolute atomic E-state index is 0.250. The van der Waals surface area contributed by atoms with Crippen molar-refractivity contribution in [2.24, 2.45) is 0 Å². The highest BCUT2D eigenvalue weighted by molar-refractivity contribution is 5.76. The van der Waals surface area contributed by atoms with Gasteiger partial charge in [-0.3, -0.25) is 4.79 Å². The summed E-state index contributed by atoms with van der Waals surface area (Å²) in [5.41, 5.74) is 0. The summed E-state index contributed by atoms with van der Waals surface area (Å²) in [6.45, 7) is 1.81. The molecule has 3 aliphatic heterocycles. The molecule has 103 heavy (non-hydrogen) atoms. The molecule has 3 saturated heterocycles. The third-order valence-corrected chi connectivity index (χ3v) is 22.1. The molecule has 19 heteroatoms. The highest BCUT2D eigenvalue weighted by Gasteiger charge is 2.54. The van der Waals surface area contributed by atoms with Crippen LogP contribution in [0.2, 0.25) is 0 Å². The van der Waals surface area contributed by atoms with Gasteiger partial charge in [0.1, 0.15) is 73.2 Å². The van der Waals surface area contributed by atoms with Crippen LogP contribution in [-0.4, -0.2) is 193 Å². The fourth-order valence-electron chi connectivity index (χ4n) is 15.1. The van der Waals surface area contributed by atoms with Gasteiger partial charge in [0.15, 0.2) is 18.9 Å². The predicted molar refractivity (Wildman–Crippen MR) is 411 cm³/mol. The normalized spacial score (nSPS) is 26.0. The number of carbonyl (C=O) groups excluding carboxylic acids is 1. The molecule has 0 aromatic heterocycles. The Hall–Kier alpha value is -1.47. The van der Waals surface area contributed by atoms with Gasteiger partial charge in [0.2, 0.25) is 5.91 Å². The van der Waals surface area contributed by atoms with Crippen molar-refractivity contribution in [3.05, 3.63) is 12.2 Å². The van der Waals surface area contributed by atoms with Gasteiger partial charge < -0.3 is 89.9 Å². The van der Waals surface area contributed by atoms with Crippen LogP contribution in [0.25, 0.3) is 0 Å². The number of hydrogen-bond acceptors (Lipinski definition) is 18. The molecule has 0 aliphatic carbocycles. The van der Waals surface area contributed by atoms with E-state index in [1.165, 1.54) is 315 Å². The van der Waals surface area contributed by atoms with Crippen LogP contribution in [0.15, 0.2) is 12.2 Å². The largest absolute Gasteiger partial charge is 0.394 e. The van der Waals surface area contributed by atoms with E-state index in [1.807, 2.05) is 6.08 Å². The SMILES string of the molecule is CCCCCCCCCCCCCCCCCCCC/C=C/C(O)C(COC1OC(CO)C(OC2OC(CO)C(OC3OC(CO)C(O)C(O)C3O)C(O)C2O)C(O)C1O)NC(=O)CCCCCCCCCCCCCCCCCCCCCCCCCCCCCCCCCCCCCCCC. The Morgan fingerprint density at radius 3 is 0.913 bits per heavy atom. The summed E-state index contributed by atoms with van der Waals surface area (Å²) in [5, 5.41) is 121. The Labute approximate surface area is 626 Å². The first-order valence-corrected chi connectivity index (χ1v) is 43.4. The highest BCUT2D eigenvalue weighted by atomic mass is 16.8. The summed E-state index contributed by atoms with van der Waals surface area (Å²) in [6.07, 6.45) is 52.3. The Kier molecular flexibility index (Phi) is 60.7. The first-order chi connectivity index (χ1) is 50.3. The zero-order chi connectivity index (χ0) is 74.6. The maximum absolute atomic E-state index is 13.5. The molecule has 0 aromatic rings. The van der Waals surface area contributed by atoms with Crippen molar-refractivity contribution in [3.8, 4) is 0 Å². The number of hydrogen-bond donors (Lipinski definition) is 12. The van der Waals surface area contributed by atoms with Gasteiger partial charge in [-0.1, -0.05) is 373 Å². The van der Waals surface area contributed by atoms with Gasteiger partial charge in [0.25, 0.3) is 0 Å². The zero-order valence-electron chi connectivity index (χ0n) is 65.6. The van der Waals surface area contributed by atoms with Gasteiger partial charge in [-0.05, 0) is 19.3 Å². The predicted octanol–water partition coefficient (Wildman–Crippen LogP) is 15.5. The first kappa shape index (κ1) is 95.7. The number of rotatable bonds is 71. The molecule has 1 amide bonds. The molecule has 3 aliphatic rings. The van der Waals surface area contributed by atoms with Gasteiger partial charge in [-0.2, -0.15) is 0 Å². The van der Waals surface area contributed by atoms with E-state index >= 15 is 0 Å². The van der Waals surface area contributed by atoms with Crippen LogP contribution in [-0.2, 0) is 33.2 Å². The van der Waals surface area contributed by atoms with Crippen LogP contribution in [0, 0.1) is 0 Å².